The largest absolute Gasteiger partial charge is 0.348 e. The van der Waals surface area contributed by atoms with Gasteiger partial charge >= 0.3 is 0 Å². The molecule has 1 atom stereocenters. The summed E-state index contributed by atoms with van der Waals surface area (Å²) < 4.78 is 1.68. The molecule has 0 unspecified atom stereocenters. The first-order valence-electron chi connectivity index (χ1n) is 7.41. The molecule has 0 saturated carbocycles. The molecule has 114 valence electrons. The Morgan fingerprint density at radius 1 is 1.43 bits per heavy atom. The third kappa shape index (κ3) is 4.39. The fraction of sp³-hybridized carbons (Fsp3) is 0.533. The summed E-state index contributed by atoms with van der Waals surface area (Å²) in [5.41, 5.74) is 0. The average molecular weight is 306 g/mol. The van der Waals surface area contributed by atoms with Gasteiger partial charge in [0.15, 0.2) is 0 Å². The molecule has 0 fully saturated rings. The van der Waals surface area contributed by atoms with Crippen molar-refractivity contribution in [3.63, 3.8) is 0 Å². The molecular weight excluding hydrogens is 284 g/mol. The fourth-order valence-electron chi connectivity index (χ4n) is 2.46. The van der Waals surface area contributed by atoms with Crippen LogP contribution in [0.4, 0.5) is 0 Å². The molecule has 5 nitrogen and oxygen atoms in total. The van der Waals surface area contributed by atoms with E-state index in [1.54, 1.807) is 28.4 Å². The van der Waals surface area contributed by atoms with Crippen LogP contribution in [0.3, 0.4) is 0 Å². The van der Waals surface area contributed by atoms with E-state index in [0.717, 1.165) is 12.8 Å². The molecule has 2 aromatic heterocycles. The molecule has 2 aromatic rings. The highest BCUT2D eigenvalue weighted by molar-refractivity contribution is 7.10. The van der Waals surface area contributed by atoms with Crippen LogP contribution in [0.25, 0.3) is 0 Å². The highest BCUT2D eigenvalue weighted by atomic mass is 32.1. The van der Waals surface area contributed by atoms with Gasteiger partial charge in [0, 0.05) is 17.5 Å². The van der Waals surface area contributed by atoms with Crippen molar-refractivity contribution < 1.29 is 4.79 Å². The van der Waals surface area contributed by atoms with E-state index in [1.165, 1.54) is 4.88 Å². The van der Waals surface area contributed by atoms with Crippen LogP contribution in [0.15, 0.2) is 29.9 Å². The summed E-state index contributed by atoms with van der Waals surface area (Å²) in [7, 11) is 0. The first-order valence-corrected chi connectivity index (χ1v) is 8.29. The van der Waals surface area contributed by atoms with Gasteiger partial charge in [-0.3, -0.25) is 9.48 Å². The second-order valence-electron chi connectivity index (χ2n) is 5.05. The van der Waals surface area contributed by atoms with E-state index in [1.807, 2.05) is 6.07 Å². The zero-order valence-electron chi connectivity index (χ0n) is 12.5. The number of carbonyl (C=O) groups excluding carboxylic acids is 1. The van der Waals surface area contributed by atoms with Crippen molar-refractivity contribution in [2.75, 3.05) is 0 Å². The smallest absolute Gasteiger partial charge is 0.222 e. The second kappa shape index (κ2) is 7.93. The summed E-state index contributed by atoms with van der Waals surface area (Å²) in [6, 6.07) is 4.26. The summed E-state index contributed by atoms with van der Waals surface area (Å²) >= 11 is 1.71. The highest BCUT2D eigenvalue weighted by Crippen LogP contribution is 2.30. The van der Waals surface area contributed by atoms with Crippen LogP contribution in [0.1, 0.15) is 44.0 Å². The van der Waals surface area contributed by atoms with Crippen LogP contribution in [0.2, 0.25) is 0 Å². The molecule has 0 aliphatic carbocycles. The Balaban J connectivity index is 1.96. The van der Waals surface area contributed by atoms with Gasteiger partial charge in [-0.1, -0.05) is 38.0 Å². The highest BCUT2D eigenvalue weighted by Gasteiger charge is 2.23. The molecule has 0 bridgehead atoms. The van der Waals surface area contributed by atoms with Gasteiger partial charge in [-0.25, -0.2) is 0 Å². The molecular formula is C15H22N4OS. The molecule has 0 aromatic carbocycles. The third-order valence-corrected chi connectivity index (χ3v) is 4.68. The van der Waals surface area contributed by atoms with E-state index >= 15 is 0 Å². The molecule has 0 spiro atoms. The Morgan fingerprint density at radius 3 is 2.81 bits per heavy atom. The number of nitrogens with zero attached hydrogens (tertiary/aromatic N) is 3. The van der Waals surface area contributed by atoms with E-state index in [2.05, 4.69) is 40.9 Å². The lowest BCUT2D eigenvalue weighted by Crippen LogP contribution is -2.33. The Morgan fingerprint density at radius 2 is 2.24 bits per heavy atom. The quantitative estimate of drug-likeness (QED) is 0.815. The fourth-order valence-corrected chi connectivity index (χ4v) is 3.33. The summed E-state index contributed by atoms with van der Waals surface area (Å²) in [6.45, 7) is 4.92. The van der Waals surface area contributed by atoms with E-state index in [9.17, 15) is 4.79 Å². The van der Waals surface area contributed by atoms with E-state index < -0.39 is 0 Å². The average Bonchev–Trinajstić information content (AvgIpc) is 3.18. The summed E-state index contributed by atoms with van der Waals surface area (Å²) in [5, 5.41) is 12.9. The lowest BCUT2D eigenvalue weighted by Gasteiger charge is -2.25. The maximum absolute atomic E-state index is 12.2. The van der Waals surface area contributed by atoms with Crippen LogP contribution in [-0.4, -0.2) is 20.9 Å². The van der Waals surface area contributed by atoms with Gasteiger partial charge in [-0.05, 0) is 17.4 Å². The maximum Gasteiger partial charge on any atom is 0.222 e. The van der Waals surface area contributed by atoms with Crippen LogP contribution in [0.5, 0.6) is 0 Å². The van der Waals surface area contributed by atoms with Crippen molar-refractivity contribution in [2.24, 2.45) is 5.92 Å². The first kappa shape index (κ1) is 15.7. The Hall–Kier alpha value is -1.69. The number of aromatic nitrogens is 3. The Kier molecular flexibility index (Phi) is 5.92. The normalized spacial score (nSPS) is 12.5. The molecule has 0 radical (unpaired) electrons. The zero-order chi connectivity index (χ0) is 15.1. The minimum absolute atomic E-state index is 0.0656. The molecule has 0 aliphatic rings. The van der Waals surface area contributed by atoms with Crippen molar-refractivity contribution in [3.8, 4) is 0 Å². The third-order valence-electron chi connectivity index (χ3n) is 3.73. The maximum atomic E-state index is 12.2. The number of rotatable bonds is 8. The molecule has 6 heteroatoms. The van der Waals surface area contributed by atoms with Crippen molar-refractivity contribution in [1.82, 2.24) is 20.3 Å². The summed E-state index contributed by atoms with van der Waals surface area (Å²) in [5.74, 6) is 0.537. The summed E-state index contributed by atoms with van der Waals surface area (Å²) in [4.78, 5) is 13.4. The Bertz CT molecular complexity index is 520. The minimum Gasteiger partial charge on any atom is -0.348 e. The van der Waals surface area contributed by atoms with Crippen molar-refractivity contribution in [3.05, 3.63) is 34.8 Å². The van der Waals surface area contributed by atoms with Gasteiger partial charge in [-0.2, -0.15) is 0 Å². The lowest BCUT2D eigenvalue weighted by molar-refractivity contribution is -0.122. The topological polar surface area (TPSA) is 59.8 Å². The lowest BCUT2D eigenvalue weighted by atomic mass is 9.93. The van der Waals surface area contributed by atoms with Crippen molar-refractivity contribution in [2.45, 2.75) is 45.7 Å². The number of amides is 1. The van der Waals surface area contributed by atoms with Gasteiger partial charge < -0.3 is 5.32 Å². The van der Waals surface area contributed by atoms with Gasteiger partial charge in [-0.15, -0.1) is 16.4 Å². The number of aryl methyl sites for hydroxylation is 1. The van der Waals surface area contributed by atoms with Crippen molar-refractivity contribution >= 4 is 17.2 Å². The van der Waals surface area contributed by atoms with Crippen LogP contribution >= 0.6 is 11.3 Å². The number of nitrogens with one attached hydrogen (secondary N) is 1. The number of hydrogen-bond donors (Lipinski definition) is 1. The van der Waals surface area contributed by atoms with E-state index in [4.69, 9.17) is 0 Å². The van der Waals surface area contributed by atoms with Gasteiger partial charge in [0.25, 0.3) is 0 Å². The monoisotopic (exact) mass is 306 g/mol. The van der Waals surface area contributed by atoms with Gasteiger partial charge in [0.2, 0.25) is 5.91 Å². The Labute approximate surface area is 129 Å². The van der Waals surface area contributed by atoms with E-state index in [0.29, 0.717) is 18.9 Å². The predicted octanol–water partition coefficient (Wildman–Crippen LogP) is 3.02. The SMILES string of the molecule is CCC(CC)[C@H](NC(=O)CCn1ccnn1)c1cccs1. The molecule has 1 amide bonds. The number of hydrogen-bond acceptors (Lipinski definition) is 4. The molecule has 1 N–H and O–H groups in total. The van der Waals surface area contributed by atoms with Crippen LogP contribution in [-0.2, 0) is 11.3 Å². The van der Waals surface area contributed by atoms with E-state index in [-0.39, 0.29) is 11.9 Å². The zero-order valence-corrected chi connectivity index (χ0v) is 13.3. The molecule has 2 heterocycles. The van der Waals surface area contributed by atoms with Crippen LogP contribution in [0, 0.1) is 5.92 Å². The molecule has 0 aliphatic heterocycles. The number of thiophene rings is 1. The van der Waals surface area contributed by atoms with Gasteiger partial charge in [0.1, 0.15) is 0 Å². The minimum atomic E-state index is 0.0656. The summed E-state index contributed by atoms with van der Waals surface area (Å²) in [6.07, 6.45) is 5.93. The predicted molar refractivity (Wildman–Crippen MR) is 83.9 cm³/mol. The molecule has 0 saturated heterocycles. The molecule has 21 heavy (non-hydrogen) atoms. The van der Waals surface area contributed by atoms with Crippen LogP contribution < -0.4 is 5.32 Å². The van der Waals surface area contributed by atoms with Gasteiger partial charge in [0.05, 0.1) is 18.8 Å². The van der Waals surface area contributed by atoms with Crippen molar-refractivity contribution in [1.29, 1.82) is 0 Å². The number of carbonyl (C=O) groups is 1. The second-order valence-corrected chi connectivity index (χ2v) is 6.03. The first-order chi connectivity index (χ1) is 10.2. The standard InChI is InChI=1S/C15H22N4OS/c1-3-12(4-2)15(13-6-5-11-21-13)17-14(20)7-9-19-10-8-16-18-19/h5-6,8,10-12,15H,3-4,7,9H2,1-2H3,(H,17,20)/t15-/m0/s1. The molecule has 2 rings (SSSR count).